The summed E-state index contributed by atoms with van der Waals surface area (Å²) in [4.78, 5) is 27.2. The topological polar surface area (TPSA) is 79.9 Å². The van der Waals surface area contributed by atoms with Crippen molar-refractivity contribution in [2.45, 2.75) is 61.4 Å². The number of likely N-dealkylation sites (tertiary alicyclic amines) is 1. The van der Waals surface area contributed by atoms with Crippen molar-refractivity contribution in [3.63, 3.8) is 0 Å². The average Bonchev–Trinajstić information content (AvgIpc) is 2.88. The average molecular weight is 550 g/mol. The van der Waals surface area contributed by atoms with E-state index < -0.39 is 35.1 Å². The molecule has 2 N–H and O–H groups in total. The number of carbonyl (C=O) groups is 2. The summed E-state index contributed by atoms with van der Waals surface area (Å²) in [6.45, 7) is 0.161. The zero-order valence-corrected chi connectivity index (χ0v) is 21.5. The number of nitrogens with zero attached hydrogens (tertiary/aromatic N) is 1. The number of alkyl halides is 3. The molecule has 1 saturated carbocycles. The highest BCUT2D eigenvalue weighted by Gasteiger charge is 2.64. The lowest BCUT2D eigenvalue weighted by molar-refractivity contribution is -0.270. The number of rotatable bonds is 6. The molecule has 5 rings (SSSR count). The molecule has 3 amide bonds. The molecule has 3 fully saturated rings. The van der Waals surface area contributed by atoms with Crippen molar-refractivity contribution in [1.29, 1.82) is 0 Å². The van der Waals surface area contributed by atoms with Gasteiger partial charge in [0.1, 0.15) is 11.6 Å². The summed E-state index contributed by atoms with van der Waals surface area (Å²) in [5.41, 5.74) is -3.62. The Morgan fingerprint density at radius 3 is 2.36 bits per heavy atom. The van der Waals surface area contributed by atoms with Crippen LogP contribution in [-0.4, -0.2) is 61.4 Å². The van der Waals surface area contributed by atoms with Gasteiger partial charge in [0.25, 0.3) is 11.5 Å². The zero-order valence-electron chi connectivity index (χ0n) is 21.5. The number of carbonyl (C=O) groups excluding carboxylic acids is 2. The minimum Gasteiger partial charge on any atom is -0.490 e. The Bertz CT molecular complexity index is 1210. The first-order valence-electron chi connectivity index (χ1n) is 13.1. The van der Waals surface area contributed by atoms with Gasteiger partial charge in [0.15, 0.2) is 0 Å². The van der Waals surface area contributed by atoms with Crippen LogP contribution in [0.15, 0.2) is 48.5 Å². The molecule has 11 heteroatoms. The van der Waals surface area contributed by atoms with Crippen LogP contribution < -0.4 is 15.4 Å². The zero-order chi connectivity index (χ0) is 27.8. The molecule has 1 aliphatic carbocycles. The van der Waals surface area contributed by atoms with Crippen molar-refractivity contribution in [2.75, 3.05) is 26.7 Å². The minimum atomic E-state index is -5.01. The predicted octanol–water partition coefficient (Wildman–Crippen LogP) is 4.62. The van der Waals surface area contributed by atoms with Gasteiger partial charge in [-0.2, -0.15) is 13.2 Å². The Balaban J connectivity index is 1.43. The molecule has 39 heavy (non-hydrogen) atoms. The van der Waals surface area contributed by atoms with E-state index in [1.165, 1.54) is 36.4 Å². The van der Waals surface area contributed by atoms with Crippen LogP contribution in [0, 0.1) is 5.82 Å². The first kappa shape index (κ1) is 27.2. The second-order valence-electron chi connectivity index (χ2n) is 10.4. The highest BCUT2D eigenvalue weighted by atomic mass is 19.4. The summed E-state index contributed by atoms with van der Waals surface area (Å²) in [7, 11) is 0.880. The monoisotopic (exact) mass is 549 g/mol. The van der Waals surface area contributed by atoms with Crippen molar-refractivity contribution in [2.24, 2.45) is 0 Å². The third kappa shape index (κ3) is 4.81. The van der Waals surface area contributed by atoms with Gasteiger partial charge in [0.2, 0.25) is 0 Å². The molecule has 1 spiro atoms. The lowest BCUT2D eigenvalue weighted by atomic mass is 9.71. The number of amides is 3. The molecule has 0 aromatic heterocycles. The highest BCUT2D eigenvalue weighted by Crippen LogP contribution is 2.46. The van der Waals surface area contributed by atoms with Crippen LogP contribution in [0.25, 0.3) is 0 Å². The van der Waals surface area contributed by atoms with Gasteiger partial charge in [-0.15, -0.1) is 0 Å². The van der Waals surface area contributed by atoms with E-state index in [0.717, 1.165) is 31.3 Å². The number of benzene rings is 2. The van der Waals surface area contributed by atoms with Crippen molar-refractivity contribution >= 4 is 11.9 Å². The van der Waals surface area contributed by atoms with E-state index in [1.807, 2.05) is 0 Å². The van der Waals surface area contributed by atoms with Gasteiger partial charge in [0, 0.05) is 49.9 Å². The molecule has 3 aliphatic rings. The highest BCUT2D eigenvalue weighted by molar-refractivity contribution is 5.88. The molecule has 0 bridgehead atoms. The van der Waals surface area contributed by atoms with Crippen LogP contribution in [0.1, 0.15) is 49.1 Å². The van der Waals surface area contributed by atoms with Crippen molar-refractivity contribution in [3.05, 3.63) is 65.5 Å². The molecule has 2 saturated heterocycles. The molecule has 0 radical (unpaired) electrons. The molecule has 210 valence electrons. The van der Waals surface area contributed by atoms with E-state index in [1.54, 1.807) is 12.1 Å². The van der Waals surface area contributed by atoms with Crippen molar-refractivity contribution < 1.29 is 36.6 Å². The van der Waals surface area contributed by atoms with Crippen LogP contribution in [-0.2, 0) is 15.1 Å². The van der Waals surface area contributed by atoms with Crippen LogP contribution in [0.4, 0.5) is 22.4 Å². The minimum absolute atomic E-state index is 0.00497. The Morgan fingerprint density at radius 1 is 1.08 bits per heavy atom. The standard InChI is InChI=1S/C28H31F4N3O4/c1-38-27(28(30,31)32,18-6-3-2-4-7-18)24(36)35-14-12-26(13-15-35)22(17-33-25(37)34-26)21-11-10-19(29)16-23(21)39-20-8-5-9-20/h2-4,6-7,10-11,16,20,22H,5,8-9,12-15,17H2,1H3,(H2,33,34,37)/t22?,27-/m1/s1. The Labute approximate surface area is 223 Å². The van der Waals surface area contributed by atoms with Gasteiger partial charge in [0.05, 0.1) is 11.6 Å². The molecule has 2 aromatic carbocycles. The number of piperidine rings is 1. The number of halogens is 4. The van der Waals surface area contributed by atoms with Gasteiger partial charge in [-0.25, -0.2) is 9.18 Å². The summed E-state index contributed by atoms with van der Waals surface area (Å²) in [5.74, 6) is -1.60. The van der Waals surface area contributed by atoms with Crippen molar-refractivity contribution in [1.82, 2.24) is 15.5 Å². The van der Waals surface area contributed by atoms with E-state index in [0.29, 0.717) is 11.3 Å². The fourth-order valence-corrected chi connectivity index (χ4v) is 5.93. The third-order valence-corrected chi connectivity index (χ3v) is 8.32. The van der Waals surface area contributed by atoms with Gasteiger partial charge in [-0.05, 0) is 38.2 Å². The van der Waals surface area contributed by atoms with E-state index in [-0.39, 0.29) is 50.1 Å². The predicted molar refractivity (Wildman–Crippen MR) is 134 cm³/mol. The van der Waals surface area contributed by atoms with E-state index in [9.17, 15) is 27.2 Å². The first-order valence-corrected chi connectivity index (χ1v) is 13.1. The first-order chi connectivity index (χ1) is 18.6. The van der Waals surface area contributed by atoms with Gasteiger partial charge >= 0.3 is 12.2 Å². The van der Waals surface area contributed by atoms with E-state index in [2.05, 4.69) is 10.6 Å². The second-order valence-corrected chi connectivity index (χ2v) is 10.4. The summed E-state index contributed by atoms with van der Waals surface area (Å²) >= 11 is 0. The molecular formula is C28H31F4N3O4. The molecule has 1 unspecified atom stereocenters. The summed E-state index contributed by atoms with van der Waals surface area (Å²) in [6.07, 6.45) is -1.84. The number of methoxy groups -OCH3 is 1. The number of urea groups is 1. The lowest BCUT2D eigenvalue weighted by Crippen LogP contribution is -2.67. The van der Waals surface area contributed by atoms with Gasteiger partial charge in [-0.3, -0.25) is 4.79 Å². The number of hydrogen-bond acceptors (Lipinski definition) is 4. The van der Waals surface area contributed by atoms with Crippen molar-refractivity contribution in [3.8, 4) is 5.75 Å². The molecular weight excluding hydrogens is 518 g/mol. The van der Waals surface area contributed by atoms with Gasteiger partial charge in [-0.1, -0.05) is 36.4 Å². The van der Waals surface area contributed by atoms with Crippen LogP contribution in [0.5, 0.6) is 5.75 Å². The molecule has 7 nitrogen and oxygen atoms in total. The van der Waals surface area contributed by atoms with Crippen LogP contribution in [0.3, 0.4) is 0 Å². The fourth-order valence-electron chi connectivity index (χ4n) is 5.93. The van der Waals surface area contributed by atoms with Crippen LogP contribution in [0.2, 0.25) is 0 Å². The number of hydrogen-bond donors (Lipinski definition) is 2. The number of nitrogens with one attached hydrogen (secondary N) is 2. The molecule has 2 aliphatic heterocycles. The maximum absolute atomic E-state index is 14.5. The smallest absolute Gasteiger partial charge is 0.430 e. The van der Waals surface area contributed by atoms with Gasteiger partial charge < -0.3 is 25.0 Å². The molecule has 2 aromatic rings. The normalized spacial score (nSPS) is 22.8. The quantitative estimate of drug-likeness (QED) is 0.516. The lowest BCUT2D eigenvalue weighted by Gasteiger charge is -2.51. The maximum Gasteiger partial charge on any atom is 0.430 e. The molecule has 2 atom stereocenters. The Morgan fingerprint density at radius 2 is 1.77 bits per heavy atom. The maximum atomic E-state index is 14.5. The van der Waals surface area contributed by atoms with E-state index in [4.69, 9.17) is 9.47 Å². The Hall–Kier alpha value is -3.34. The Kier molecular flexibility index (Phi) is 7.21. The third-order valence-electron chi connectivity index (χ3n) is 8.32. The largest absolute Gasteiger partial charge is 0.490 e. The van der Waals surface area contributed by atoms with E-state index >= 15 is 0 Å². The second kappa shape index (κ2) is 10.3. The summed E-state index contributed by atoms with van der Waals surface area (Å²) in [6, 6.07) is 10.8. The molecule has 2 heterocycles. The fraction of sp³-hybridized carbons (Fsp3) is 0.500. The summed E-state index contributed by atoms with van der Waals surface area (Å²) < 4.78 is 68.7. The van der Waals surface area contributed by atoms with Crippen LogP contribution >= 0.6 is 0 Å². The SMILES string of the molecule is CO[C@@](C(=O)N1CCC2(CC1)NC(=O)NCC2c1ccc(F)cc1OC1CCC1)(c1ccccc1)C(F)(F)F. The number of ether oxygens (including phenoxy) is 2. The summed E-state index contributed by atoms with van der Waals surface area (Å²) in [5, 5.41) is 5.77.